The van der Waals surface area contributed by atoms with E-state index in [0.29, 0.717) is 12.2 Å². The first-order chi connectivity index (χ1) is 15.9. The Bertz CT molecular complexity index is 1220. The van der Waals surface area contributed by atoms with Gasteiger partial charge in [0.1, 0.15) is 17.0 Å². The molecular weight excluding hydrogens is 414 g/mol. The summed E-state index contributed by atoms with van der Waals surface area (Å²) >= 11 is 0. The standard InChI is InChI=1S/C27H31N3O3/c1-4-18-8-7-11-21(14-18)30-25(31)24-15-19-12-13-22(33-3)16-23(19)29(24)17-27(30,2)26(32)28-20-9-5-6-10-20/h7-8,11-16,20H,4-6,9-10,17H2,1-3H3,(H,28,32)/t27-/m1/s1. The predicted molar refractivity (Wildman–Crippen MR) is 130 cm³/mol. The fourth-order valence-corrected chi connectivity index (χ4v) is 5.33. The number of methoxy groups -OCH3 is 1. The number of carbonyl (C=O) groups excluding carboxylic acids is 2. The number of hydrogen-bond donors (Lipinski definition) is 1. The normalized spacial score (nSPS) is 20.8. The molecular formula is C27H31N3O3. The maximum atomic E-state index is 14.0. The Kier molecular flexibility index (Phi) is 5.39. The van der Waals surface area contributed by atoms with Crippen LogP contribution in [0.15, 0.2) is 48.5 Å². The summed E-state index contributed by atoms with van der Waals surface area (Å²) in [5.41, 5.74) is 2.33. The molecule has 6 heteroatoms. The summed E-state index contributed by atoms with van der Waals surface area (Å²) in [5, 5.41) is 4.22. The molecule has 1 atom stereocenters. The molecule has 3 aromatic rings. The van der Waals surface area contributed by atoms with Crippen LogP contribution in [0.4, 0.5) is 5.69 Å². The number of carbonyl (C=O) groups is 2. The zero-order valence-electron chi connectivity index (χ0n) is 19.6. The van der Waals surface area contributed by atoms with E-state index >= 15 is 0 Å². The summed E-state index contributed by atoms with van der Waals surface area (Å²) in [6.07, 6.45) is 5.12. The van der Waals surface area contributed by atoms with Gasteiger partial charge < -0.3 is 14.6 Å². The van der Waals surface area contributed by atoms with Gasteiger partial charge in [-0.05, 0) is 62.1 Å². The summed E-state index contributed by atoms with van der Waals surface area (Å²) in [7, 11) is 1.63. The highest BCUT2D eigenvalue weighted by Gasteiger charge is 2.49. The van der Waals surface area contributed by atoms with E-state index in [9.17, 15) is 9.59 Å². The van der Waals surface area contributed by atoms with Gasteiger partial charge in [0.2, 0.25) is 5.91 Å². The van der Waals surface area contributed by atoms with Crippen LogP contribution in [0.5, 0.6) is 5.75 Å². The molecule has 1 fully saturated rings. The molecule has 2 amide bonds. The van der Waals surface area contributed by atoms with Gasteiger partial charge in [-0.3, -0.25) is 14.5 Å². The quantitative estimate of drug-likeness (QED) is 0.620. The topological polar surface area (TPSA) is 63.6 Å². The van der Waals surface area contributed by atoms with Gasteiger partial charge in [0.15, 0.2) is 0 Å². The smallest absolute Gasteiger partial charge is 0.275 e. The van der Waals surface area contributed by atoms with E-state index in [4.69, 9.17) is 4.74 Å². The number of rotatable bonds is 5. The third kappa shape index (κ3) is 3.58. The molecule has 0 radical (unpaired) electrons. The third-order valence-electron chi connectivity index (χ3n) is 7.25. The second-order valence-electron chi connectivity index (χ2n) is 9.43. The SMILES string of the molecule is CCc1cccc(N2C(=O)c3cc4ccc(OC)cc4n3C[C@]2(C)C(=O)NC2CCCC2)c1. The number of hydrogen-bond acceptors (Lipinski definition) is 3. The molecule has 33 heavy (non-hydrogen) atoms. The minimum atomic E-state index is -1.06. The fourth-order valence-electron chi connectivity index (χ4n) is 5.33. The average Bonchev–Trinajstić information content (AvgIpc) is 3.46. The van der Waals surface area contributed by atoms with Crippen LogP contribution in [-0.4, -0.2) is 35.1 Å². The number of fused-ring (bicyclic) bond motifs is 3. The third-order valence-corrected chi connectivity index (χ3v) is 7.25. The summed E-state index contributed by atoms with van der Waals surface area (Å²) in [6.45, 7) is 4.36. The van der Waals surface area contributed by atoms with E-state index in [-0.39, 0.29) is 17.9 Å². The van der Waals surface area contributed by atoms with Crippen molar-refractivity contribution < 1.29 is 14.3 Å². The van der Waals surface area contributed by atoms with Crippen LogP contribution in [-0.2, 0) is 17.8 Å². The van der Waals surface area contributed by atoms with Gasteiger partial charge in [0, 0.05) is 23.2 Å². The second kappa shape index (κ2) is 8.25. The molecule has 2 aliphatic rings. The molecule has 1 saturated carbocycles. The van der Waals surface area contributed by atoms with E-state index in [1.54, 1.807) is 12.0 Å². The molecule has 172 valence electrons. The minimum absolute atomic E-state index is 0.0972. The van der Waals surface area contributed by atoms with Crippen molar-refractivity contribution in [3.8, 4) is 5.75 Å². The predicted octanol–water partition coefficient (Wildman–Crippen LogP) is 4.69. The highest BCUT2D eigenvalue weighted by Crippen LogP contribution is 2.37. The Balaban J connectivity index is 1.65. The van der Waals surface area contributed by atoms with E-state index in [2.05, 4.69) is 18.3 Å². The van der Waals surface area contributed by atoms with E-state index in [1.165, 1.54) is 0 Å². The summed E-state index contributed by atoms with van der Waals surface area (Å²) < 4.78 is 7.41. The maximum absolute atomic E-state index is 14.0. The monoisotopic (exact) mass is 445 g/mol. The van der Waals surface area contributed by atoms with Crippen molar-refractivity contribution in [3.63, 3.8) is 0 Å². The molecule has 5 rings (SSSR count). The highest BCUT2D eigenvalue weighted by molar-refractivity contribution is 6.14. The van der Waals surface area contributed by atoms with Gasteiger partial charge in [-0.1, -0.05) is 31.9 Å². The summed E-state index contributed by atoms with van der Waals surface area (Å²) in [6, 6.07) is 15.9. The molecule has 2 aromatic carbocycles. The second-order valence-corrected chi connectivity index (χ2v) is 9.43. The molecule has 0 bridgehead atoms. The molecule has 2 heterocycles. The van der Waals surface area contributed by atoms with Gasteiger partial charge in [0.25, 0.3) is 5.91 Å². The number of nitrogens with zero attached hydrogens (tertiary/aromatic N) is 2. The van der Waals surface area contributed by atoms with Crippen molar-refractivity contribution in [1.29, 1.82) is 0 Å². The molecule has 0 saturated heterocycles. The number of amides is 2. The van der Waals surface area contributed by atoms with Crippen LogP contribution in [0.1, 0.15) is 55.6 Å². The van der Waals surface area contributed by atoms with E-state index in [1.807, 2.05) is 54.0 Å². The zero-order chi connectivity index (χ0) is 23.2. The van der Waals surface area contributed by atoms with Gasteiger partial charge in [-0.2, -0.15) is 0 Å². The van der Waals surface area contributed by atoms with Crippen LogP contribution in [0.3, 0.4) is 0 Å². The van der Waals surface area contributed by atoms with Crippen molar-refractivity contribution in [3.05, 3.63) is 59.8 Å². The summed E-state index contributed by atoms with van der Waals surface area (Å²) in [4.78, 5) is 29.5. The van der Waals surface area contributed by atoms with Crippen LogP contribution in [0.2, 0.25) is 0 Å². The van der Waals surface area contributed by atoms with Crippen LogP contribution in [0.25, 0.3) is 10.9 Å². The lowest BCUT2D eigenvalue weighted by Gasteiger charge is -2.44. The first kappa shape index (κ1) is 21.6. The first-order valence-corrected chi connectivity index (χ1v) is 11.9. The number of anilines is 1. The van der Waals surface area contributed by atoms with Crippen molar-refractivity contribution in [2.24, 2.45) is 0 Å². The van der Waals surface area contributed by atoms with Gasteiger partial charge >= 0.3 is 0 Å². The van der Waals surface area contributed by atoms with Crippen molar-refractivity contribution in [2.75, 3.05) is 12.0 Å². The number of ether oxygens (including phenoxy) is 1. The molecule has 1 aliphatic carbocycles. The van der Waals surface area contributed by atoms with Crippen LogP contribution < -0.4 is 15.0 Å². The Morgan fingerprint density at radius 1 is 1.15 bits per heavy atom. The van der Waals surface area contributed by atoms with Crippen molar-refractivity contribution >= 4 is 28.4 Å². The van der Waals surface area contributed by atoms with E-state index < -0.39 is 5.54 Å². The molecule has 1 aliphatic heterocycles. The van der Waals surface area contributed by atoms with Gasteiger partial charge in [-0.25, -0.2) is 0 Å². The highest BCUT2D eigenvalue weighted by atomic mass is 16.5. The van der Waals surface area contributed by atoms with Crippen LogP contribution in [0, 0.1) is 0 Å². The van der Waals surface area contributed by atoms with Crippen molar-refractivity contribution in [2.45, 2.75) is 64.1 Å². The Morgan fingerprint density at radius 2 is 1.94 bits per heavy atom. The number of aromatic nitrogens is 1. The largest absolute Gasteiger partial charge is 0.497 e. The van der Waals surface area contributed by atoms with Crippen molar-refractivity contribution in [1.82, 2.24) is 9.88 Å². The molecule has 0 spiro atoms. The first-order valence-electron chi connectivity index (χ1n) is 11.9. The Morgan fingerprint density at radius 3 is 2.67 bits per heavy atom. The van der Waals surface area contributed by atoms with Crippen LogP contribution >= 0.6 is 0 Å². The number of aryl methyl sites for hydroxylation is 1. The lowest BCUT2D eigenvalue weighted by atomic mass is 9.93. The molecule has 1 N–H and O–H groups in total. The van der Waals surface area contributed by atoms with Gasteiger partial charge in [0.05, 0.1) is 19.2 Å². The molecule has 1 aromatic heterocycles. The Labute approximate surface area is 194 Å². The zero-order valence-corrected chi connectivity index (χ0v) is 19.6. The minimum Gasteiger partial charge on any atom is -0.497 e. The maximum Gasteiger partial charge on any atom is 0.275 e. The lowest BCUT2D eigenvalue weighted by Crippen LogP contribution is -2.65. The molecule has 6 nitrogen and oxygen atoms in total. The molecule has 0 unspecified atom stereocenters. The fraction of sp³-hybridized carbons (Fsp3) is 0.407. The van der Waals surface area contributed by atoms with E-state index in [0.717, 1.165) is 60.0 Å². The average molecular weight is 446 g/mol. The lowest BCUT2D eigenvalue weighted by molar-refractivity contribution is -0.127. The Hall–Kier alpha value is -3.28. The van der Waals surface area contributed by atoms with Gasteiger partial charge in [-0.15, -0.1) is 0 Å². The summed E-state index contributed by atoms with van der Waals surface area (Å²) in [5.74, 6) is 0.472. The number of nitrogens with one attached hydrogen (secondary N) is 1. The number of benzene rings is 2.